The molecule has 3 atom stereocenters. The first-order valence-corrected chi connectivity index (χ1v) is 13.3. The second-order valence-electron chi connectivity index (χ2n) is 11.1. The molecule has 198 valence electrons. The fraction of sp³-hybridized carbons (Fsp3) is 0.615. The van der Waals surface area contributed by atoms with Crippen LogP contribution >= 0.6 is 0 Å². The highest BCUT2D eigenvalue weighted by atomic mass is 19.3. The maximum atomic E-state index is 13.6. The molecule has 3 aliphatic rings. The van der Waals surface area contributed by atoms with Crippen LogP contribution in [0.1, 0.15) is 64.1 Å². The quantitative estimate of drug-likeness (QED) is 0.500. The van der Waals surface area contributed by atoms with Gasteiger partial charge in [0.05, 0.1) is 26.1 Å². The predicted molar refractivity (Wildman–Crippen MR) is 132 cm³/mol. The molecule has 11 heteroatoms. The third-order valence-corrected chi connectivity index (χ3v) is 8.84. The number of carbonyl (C=O) groups is 1. The Morgan fingerprint density at radius 2 is 1.97 bits per heavy atom. The van der Waals surface area contributed by atoms with Gasteiger partial charge in [0.1, 0.15) is 5.52 Å². The largest absolute Gasteiger partial charge is 0.586 e. The SMILES string of the molecule is CC(CCc1nc2c3ccc4c(c3nc(N)n2n1)OC(F)(F)O4)C1CCC[N+](C)(C2CCCC2)C(=O)C1. The lowest BCUT2D eigenvalue weighted by Crippen LogP contribution is -2.55. The van der Waals surface area contributed by atoms with Crippen molar-refractivity contribution >= 4 is 28.4 Å². The van der Waals surface area contributed by atoms with Crippen molar-refractivity contribution in [2.24, 2.45) is 11.8 Å². The van der Waals surface area contributed by atoms with E-state index in [9.17, 15) is 13.6 Å². The zero-order chi connectivity index (χ0) is 25.9. The number of nitrogens with zero attached hydrogens (tertiary/aromatic N) is 5. The third-order valence-electron chi connectivity index (χ3n) is 8.84. The zero-order valence-corrected chi connectivity index (χ0v) is 21.3. The number of hydrogen-bond acceptors (Lipinski definition) is 7. The van der Waals surface area contributed by atoms with Crippen LogP contribution in [0, 0.1) is 11.8 Å². The number of nitrogen functional groups attached to an aromatic ring is 1. The summed E-state index contributed by atoms with van der Waals surface area (Å²) in [6, 6.07) is 3.51. The van der Waals surface area contributed by atoms with Gasteiger partial charge in [-0.15, -0.1) is 13.9 Å². The minimum absolute atomic E-state index is 0.0276. The van der Waals surface area contributed by atoms with E-state index in [0.717, 1.165) is 25.8 Å². The maximum absolute atomic E-state index is 13.6. The van der Waals surface area contributed by atoms with Gasteiger partial charge in [0, 0.05) is 11.8 Å². The minimum Gasteiger partial charge on any atom is -0.395 e. The first-order valence-electron chi connectivity index (χ1n) is 13.3. The summed E-state index contributed by atoms with van der Waals surface area (Å²) in [5.41, 5.74) is 6.70. The molecule has 2 fully saturated rings. The van der Waals surface area contributed by atoms with Crippen molar-refractivity contribution in [1.82, 2.24) is 19.6 Å². The molecular weight excluding hydrogens is 482 g/mol. The third kappa shape index (κ3) is 4.17. The number of rotatable bonds is 5. The summed E-state index contributed by atoms with van der Waals surface area (Å²) in [6.07, 6.45) is 5.28. The van der Waals surface area contributed by atoms with Gasteiger partial charge >= 0.3 is 12.2 Å². The minimum atomic E-state index is -3.75. The number of benzene rings is 1. The molecule has 3 aromatic rings. The standard InChI is InChI=1S/C26H33F2N6O3/c1-15(16-6-5-13-34(2,21(35)14-16)17-7-3-4-8-17)9-12-20-30-24-18-10-11-19-23(37-26(27,28)36-19)22(18)31-25(29)33(24)32-20/h10-11,15-17H,3-9,12-14H2,1-2H3,(H2,29,31)/q+1. The maximum Gasteiger partial charge on any atom is 0.586 e. The number of carbonyl (C=O) groups excluding carboxylic acids is 1. The number of ether oxygens (including phenoxy) is 2. The lowest BCUT2D eigenvalue weighted by Gasteiger charge is -2.36. The molecule has 1 saturated carbocycles. The average molecular weight is 516 g/mol. The normalized spacial score (nSPS) is 26.7. The molecule has 2 aromatic heterocycles. The second kappa shape index (κ2) is 8.75. The number of halogens is 2. The summed E-state index contributed by atoms with van der Waals surface area (Å²) in [7, 11) is 2.16. The average Bonchev–Trinajstić information content (AvgIpc) is 3.58. The fourth-order valence-corrected chi connectivity index (χ4v) is 6.53. The van der Waals surface area contributed by atoms with E-state index in [1.54, 1.807) is 6.07 Å². The van der Waals surface area contributed by atoms with Gasteiger partial charge < -0.3 is 15.2 Å². The Labute approximate surface area is 213 Å². The van der Waals surface area contributed by atoms with Crippen molar-refractivity contribution in [2.45, 2.75) is 77.0 Å². The van der Waals surface area contributed by atoms with Crippen LogP contribution in [-0.4, -0.2) is 55.9 Å². The van der Waals surface area contributed by atoms with Crippen LogP contribution in [0.25, 0.3) is 16.6 Å². The monoisotopic (exact) mass is 515 g/mol. The van der Waals surface area contributed by atoms with E-state index in [1.165, 1.54) is 36.3 Å². The Bertz CT molecular complexity index is 1370. The number of alkyl halides is 2. The summed E-state index contributed by atoms with van der Waals surface area (Å²) >= 11 is 0. The molecule has 1 saturated heterocycles. The predicted octanol–water partition coefficient (Wildman–Crippen LogP) is 4.47. The van der Waals surface area contributed by atoms with E-state index in [-0.39, 0.29) is 23.0 Å². The Balaban J connectivity index is 1.19. The number of hydrogen-bond donors (Lipinski definition) is 1. The molecule has 2 N–H and O–H groups in total. The van der Waals surface area contributed by atoms with Crippen molar-refractivity contribution in [1.29, 1.82) is 0 Å². The van der Waals surface area contributed by atoms with Gasteiger partial charge in [-0.3, -0.25) is 4.48 Å². The van der Waals surface area contributed by atoms with Crippen LogP contribution in [0.3, 0.4) is 0 Å². The number of anilines is 1. The number of fused-ring (bicyclic) bond motifs is 5. The van der Waals surface area contributed by atoms with Gasteiger partial charge in [-0.2, -0.15) is 4.52 Å². The Morgan fingerprint density at radius 1 is 1.19 bits per heavy atom. The number of aromatic nitrogens is 4. The second-order valence-corrected chi connectivity index (χ2v) is 11.1. The van der Waals surface area contributed by atoms with Crippen molar-refractivity contribution in [2.75, 3.05) is 19.3 Å². The topological polar surface area (TPSA) is 105 Å². The van der Waals surface area contributed by atoms with Crippen molar-refractivity contribution in [3.8, 4) is 11.5 Å². The van der Waals surface area contributed by atoms with Crippen LogP contribution in [-0.2, 0) is 11.2 Å². The van der Waals surface area contributed by atoms with Crippen molar-refractivity contribution in [3.05, 3.63) is 18.0 Å². The summed E-state index contributed by atoms with van der Waals surface area (Å²) in [6.45, 7) is 3.16. The Morgan fingerprint density at radius 3 is 2.76 bits per heavy atom. The van der Waals surface area contributed by atoms with Gasteiger partial charge in [0.25, 0.3) is 0 Å². The molecule has 37 heavy (non-hydrogen) atoms. The Kier molecular flexibility index (Phi) is 5.74. The van der Waals surface area contributed by atoms with E-state index in [2.05, 4.69) is 38.5 Å². The van der Waals surface area contributed by atoms with E-state index in [4.69, 9.17) is 5.73 Å². The highest BCUT2D eigenvalue weighted by molar-refractivity contribution is 5.97. The fourth-order valence-electron chi connectivity index (χ4n) is 6.53. The number of aryl methyl sites for hydroxylation is 1. The van der Waals surface area contributed by atoms with E-state index < -0.39 is 6.29 Å². The number of amides is 1. The molecule has 1 aromatic carbocycles. The van der Waals surface area contributed by atoms with Crippen molar-refractivity contribution < 1.29 is 27.5 Å². The van der Waals surface area contributed by atoms with Crippen LogP contribution in [0.5, 0.6) is 11.5 Å². The van der Waals surface area contributed by atoms with E-state index >= 15 is 0 Å². The van der Waals surface area contributed by atoms with Gasteiger partial charge in [-0.25, -0.2) is 14.8 Å². The summed E-state index contributed by atoms with van der Waals surface area (Å²) in [5.74, 6) is 1.46. The molecule has 1 amide bonds. The molecule has 9 nitrogen and oxygen atoms in total. The first kappa shape index (κ1) is 24.3. The van der Waals surface area contributed by atoms with Crippen LogP contribution in [0.4, 0.5) is 14.7 Å². The summed E-state index contributed by atoms with van der Waals surface area (Å²) in [5, 5.41) is 5.04. The lowest BCUT2D eigenvalue weighted by molar-refractivity contribution is -0.859. The molecule has 4 heterocycles. The summed E-state index contributed by atoms with van der Waals surface area (Å²) < 4.78 is 38.5. The number of likely N-dealkylation sites (tertiary alicyclic amines) is 1. The van der Waals surface area contributed by atoms with Crippen LogP contribution in [0.2, 0.25) is 0 Å². The highest BCUT2D eigenvalue weighted by Crippen LogP contribution is 2.45. The zero-order valence-electron chi connectivity index (χ0n) is 21.3. The summed E-state index contributed by atoms with van der Waals surface area (Å²) in [4.78, 5) is 22.3. The molecular formula is C26H33F2N6O3+. The van der Waals surface area contributed by atoms with Gasteiger partial charge in [0.15, 0.2) is 23.0 Å². The molecule has 0 bridgehead atoms. The smallest absolute Gasteiger partial charge is 0.395 e. The lowest BCUT2D eigenvalue weighted by atomic mass is 9.84. The van der Waals surface area contributed by atoms with Crippen LogP contribution in [0.15, 0.2) is 12.1 Å². The molecule has 0 spiro atoms. The van der Waals surface area contributed by atoms with E-state index in [0.29, 0.717) is 58.0 Å². The number of nitrogens with two attached hydrogens (primary N) is 1. The molecule has 6 rings (SSSR count). The molecule has 0 radical (unpaired) electrons. The molecule has 2 aliphatic heterocycles. The van der Waals surface area contributed by atoms with Crippen molar-refractivity contribution in [3.63, 3.8) is 0 Å². The van der Waals surface area contributed by atoms with Gasteiger partial charge in [0.2, 0.25) is 5.95 Å². The van der Waals surface area contributed by atoms with Gasteiger partial charge in [-0.05, 0) is 68.9 Å². The molecule has 3 unspecified atom stereocenters. The molecule has 1 aliphatic carbocycles. The van der Waals surface area contributed by atoms with E-state index in [1.807, 2.05) is 0 Å². The number of quaternary nitrogens is 1. The first-order chi connectivity index (χ1) is 17.6. The van der Waals surface area contributed by atoms with Gasteiger partial charge in [-0.1, -0.05) is 6.92 Å². The highest BCUT2D eigenvalue weighted by Gasteiger charge is 2.45. The Hall–Kier alpha value is -3.08. The van der Waals surface area contributed by atoms with Crippen LogP contribution < -0.4 is 15.2 Å².